The number of amides is 2. The van der Waals surface area contributed by atoms with Crippen molar-refractivity contribution in [2.24, 2.45) is 11.3 Å². The lowest BCUT2D eigenvalue weighted by molar-refractivity contribution is -0.138. The Morgan fingerprint density at radius 3 is 2.42 bits per heavy atom. The Labute approximate surface area is 180 Å². The minimum absolute atomic E-state index is 0.0906. The molecule has 0 radical (unpaired) electrons. The van der Waals surface area contributed by atoms with E-state index in [-0.39, 0.29) is 28.8 Å². The number of alkyl halides is 3. The molecule has 3 rings (SSSR count). The molecule has 2 amide bonds. The molecule has 0 saturated carbocycles. The van der Waals surface area contributed by atoms with Crippen molar-refractivity contribution in [1.29, 1.82) is 5.26 Å². The lowest BCUT2D eigenvalue weighted by Crippen LogP contribution is -2.45. The monoisotopic (exact) mass is 436 g/mol. The molecule has 2 aliphatic rings. The highest BCUT2D eigenvalue weighted by atomic mass is 19.4. The molecule has 2 fully saturated rings. The van der Waals surface area contributed by atoms with Crippen molar-refractivity contribution >= 4 is 17.5 Å². The quantitative estimate of drug-likeness (QED) is 0.790. The second-order valence-corrected chi connectivity index (χ2v) is 8.78. The largest absolute Gasteiger partial charge is 0.417 e. The van der Waals surface area contributed by atoms with Gasteiger partial charge < -0.3 is 15.1 Å². The number of hydrogen-bond donors (Lipinski definition) is 1. The van der Waals surface area contributed by atoms with E-state index in [0.29, 0.717) is 38.9 Å². The lowest BCUT2D eigenvalue weighted by Gasteiger charge is -2.40. The topological polar surface area (TPSA) is 76.4 Å². The SMILES string of the molecule is CNC(=O)C1CC2(CCN(C(=O)C(C)C)CC2)CN1c1ccc(C#N)c(C(F)(F)F)c1. The first-order chi connectivity index (χ1) is 14.5. The van der Waals surface area contributed by atoms with Crippen molar-refractivity contribution in [3.63, 3.8) is 0 Å². The normalized spacial score (nSPS) is 20.8. The number of nitrogens with one attached hydrogen (secondary N) is 1. The van der Waals surface area contributed by atoms with Crippen LogP contribution < -0.4 is 10.2 Å². The summed E-state index contributed by atoms with van der Waals surface area (Å²) in [5.41, 5.74) is -1.42. The van der Waals surface area contributed by atoms with Crippen molar-refractivity contribution < 1.29 is 22.8 Å². The van der Waals surface area contributed by atoms with Gasteiger partial charge in [-0.15, -0.1) is 0 Å². The van der Waals surface area contributed by atoms with E-state index in [4.69, 9.17) is 5.26 Å². The first-order valence-electron chi connectivity index (χ1n) is 10.4. The minimum atomic E-state index is -4.66. The first kappa shape index (κ1) is 22.9. The first-order valence-corrected chi connectivity index (χ1v) is 10.4. The fraction of sp³-hybridized carbons (Fsp3) is 0.591. The molecule has 168 valence electrons. The second kappa shape index (κ2) is 8.40. The van der Waals surface area contributed by atoms with Crippen molar-refractivity contribution in [2.75, 3.05) is 31.6 Å². The zero-order chi connectivity index (χ0) is 23.0. The summed E-state index contributed by atoms with van der Waals surface area (Å²) in [4.78, 5) is 28.5. The Balaban J connectivity index is 1.90. The van der Waals surface area contributed by atoms with Crippen molar-refractivity contribution in [2.45, 2.75) is 45.3 Å². The third-order valence-electron chi connectivity index (χ3n) is 6.45. The summed E-state index contributed by atoms with van der Waals surface area (Å²) in [5, 5.41) is 11.7. The van der Waals surface area contributed by atoms with Gasteiger partial charge in [0.05, 0.1) is 17.2 Å². The van der Waals surface area contributed by atoms with Crippen LogP contribution in [0.3, 0.4) is 0 Å². The highest BCUT2D eigenvalue weighted by molar-refractivity contribution is 5.86. The molecule has 2 heterocycles. The standard InChI is InChI=1S/C22H27F3N4O2/c1-14(2)20(31)28-8-6-21(7-9-28)11-18(19(30)27-3)29(13-21)16-5-4-15(12-26)17(10-16)22(23,24)25/h4-5,10,14,18H,6-9,11,13H2,1-3H3,(H,27,30). The van der Waals surface area contributed by atoms with Crippen LogP contribution in [0.2, 0.25) is 0 Å². The van der Waals surface area contributed by atoms with Crippen LogP contribution in [-0.4, -0.2) is 49.4 Å². The summed E-state index contributed by atoms with van der Waals surface area (Å²) in [6.07, 6.45) is -2.77. The van der Waals surface area contributed by atoms with E-state index in [2.05, 4.69) is 5.32 Å². The Morgan fingerprint density at radius 2 is 1.90 bits per heavy atom. The van der Waals surface area contributed by atoms with E-state index in [1.165, 1.54) is 13.1 Å². The van der Waals surface area contributed by atoms with Crippen LogP contribution >= 0.6 is 0 Å². The Bertz CT molecular complexity index is 899. The average Bonchev–Trinajstić information content (AvgIpc) is 3.11. The molecule has 1 unspecified atom stereocenters. The number of carbonyl (C=O) groups is 2. The third-order valence-corrected chi connectivity index (χ3v) is 6.45. The van der Waals surface area contributed by atoms with E-state index in [1.54, 1.807) is 11.0 Å². The average molecular weight is 436 g/mol. The molecule has 0 bridgehead atoms. The number of halogens is 3. The van der Waals surface area contributed by atoms with E-state index >= 15 is 0 Å². The zero-order valence-corrected chi connectivity index (χ0v) is 17.9. The van der Waals surface area contributed by atoms with Gasteiger partial charge in [-0.3, -0.25) is 9.59 Å². The maximum atomic E-state index is 13.5. The molecule has 2 aliphatic heterocycles. The van der Waals surface area contributed by atoms with E-state index in [1.807, 2.05) is 18.7 Å². The van der Waals surface area contributed by atoms with Crippen LogP contribution in [-0.2, 0) is 15.8 Å². The molecule has 0 aliphatic carbocycles. The molecule has 6 nitrogen and oxygen atoms in total. The van der Waals surface area contributed by atoms with Gasteiger partial charge in [-0.25, -0.2) is 0 Å². The van der Waals surface area contributed by atoms with Crippen molar-refractivity contribution in [3.05, 3.63) is 29.3 Å². The molecule has 1 spiro atoms. The molecule has 1 aromatic rings. The van der Waals surface area contributed by atoms with Crippen molar-refractivity contribution in [1.82, 2.24) is 10.2 Å². The number of rotatable bonds is 3. The van der Waals surface area contributed by atoms with Gasteiger partial charge in [0.2, 0.25) is 11.8 Å². The van der Waals surface area contributed by atoms with Crippen LogP contribution in [0.5, 0.6) is 0 Å². The molecule has 1 atom stereocenters. The van der Waals surface area contributed by atoms with E-state index in [0.717, 1.165) is 12.1 Å². The summed E-state index contributed by atoms with van der Waals surface area (Å²) in [5.74, 6) is -0.253. The third kappa shape index (κ3) is 4.48. The van der Waals surface area contributed by atoms with Gasteiger partial charge in [0.15, 0.2) is 0 Å². The van der Waals surface area contributed by atoms with Gasteiger partial charge in [0.25, 0.3) is 0 Å². The molecule has 1 aromatic carbocycles. The number of hydrogen-bond acceptors (Lipinski definition) is 4. The summed E-state index contributed by atoms with van der Waals surface area (Å²) < 4.78 is 40.4. The van der Waals surface area contributed by atoms with Gasteiger partial charge in [0.1, 0.15) is 6.04 Å². The zero-order valence-electron chi connectivity index (χ0n) is 17.9. The molecular weight excluding hydrogens is 409 g/mol. The molecule has 9 heteroatoms. The van der Waals surface area contributed by atoms with Crippen LogP contribution in [0, 0.1) is 22.7 Å². The van der Waals surface area contributed by atoms with Crippen molar-refractivity contribution in [3.8, 4) is 6.07 Å². The molecule has 0 aromatic heterocycles. The number of benzene rings is 1. The van der Waals surface area contributed by atoms with Gasteiger partial charge in [-0.1, -0.05) is 13.8 Å². The molecule has 2 saturated heterocycles. The maximum absolute atomic E-state index is 13.5. The lowest BCUT2D eigenvalue weighted by atomic mass is 9.76. The summed E-state index contributed by atoms with van der Waals surface area (Å²) in [6, 6.07) is 4.58. The summed E-state index contributed by atoms with van der Waals surface area (Å²) >= 11 is 0. The van der Waals surface area contributed by atoms with Crippen LogP contribution in [0.15, 0.2) is 18.2 Å². The van der Waals surface area contributed by atoms with Gasteiger partial charge >= 0.3 is 6.18 Å². The molecular formula is C22H27F3N4O2. The van der Waals surface area contributed by atoms with Crippen LogP contribution in [0.4, 0.5) is 18.9 Å². The summed E-state index contributed by atoms with van der Waals surface area (Å²) in [6.45, 7) is 5.29. The number of piperidine rings is 1. The number of carbonyl (C=O) groups excluding carboxylic acids is 2. The fourth-order valence-electron chi connectivity index (χ4n) is 4.70. The van der Waals surface area contributed by atoms with Crippen LogP contribution in [0.1, 0.15) is 44.2 Å². The van der Waals surface area contributed by atoms with Gasteiger partial charge in [0, 0.05) is 38.3 Å². The van der Waals surface area contributed by atoms with E-state index < -0.39 is 23.3 Å². The molecule has 31 heavy (non-hydrogen) atoms. The fourth-order valence-corrected chi connectivity index (χ4v) is 4.70. The van der Waals surface area contributed by atoms with Gasteiger partial charge in [-0.05, 0) is 42.9 Å². The highest BCUT2D eigenvalue weighted by Crippen LogP contribution is 2.46. The number of anilines is 1. The number of nitrogens with zero attached hydrogens (tertiary/aromatic N) is 3. The second-order valence-electron chi connectivity index (χ2n) is 8.78. The number of likely N-dealkylation sites (N-methyl/N-ethyl adjacent to an activating group) is 1. The Morgan fingerprint density at radius 1 is 1.26 bits per heavy atom. The van der Waals surface area contributed by atoms with Gasteiger partial charge in [-0.2, -0.15) is 18.4 Å². The van der Waals surface area contributed by atoms with E-state index in [9.17, 15) is 22.8 Å². The van der Waals surface area contributed by atoms with Crippen LogP contribution in [0.25, 0.3) is 0 Å². The minimum Gasteiger partial charge on any atom is -0.359 e. The predicted octanol–water partition coefficient (Wildman–Crippen LogP) is 3.17. The smallest absolute Gasteiger partial charge is 0.359 e. The Hall–Kier alpha value is -2.76. The summed E-state index contributed by atoms with van der Waals surface area (Å²) in [7, 11) is 1.51. The Kier molecular flexibility index (Phi) is 6.21. The molecule has 1 N–H and O–H groups in total. The number of nitriles is 1. The highest BCUT2D eigenvalue weighted by Gasteiger charge is 2.49. The maximum Gasteiger partial charge on any atom is 0.417 e. The predicted molar refractivity (Wildman–Crippen MR) is 109 cm³/mol. The number of likely N-dealkylation sites (tertiary alicyclic amines) is 1.